The fourth-order valence-electron chi connectivity index (χ4n) is 2.94. The number of hydrogen-bond acceptors (Lipinski definition) is 3. The van der Waals surface area contributed by atoms with E-state index in [1.54, 1.807) is 18.2 Å². The first-order chi connectivity index (χ1) is 10.2. The van der Waals surface area contributed by atoms with Gasteiger partial charge in [0.1, 0.15) is 5.82 Å². The number of halogens is 1. The van der Waals surface area contributed by atoms with Gasteiger partial charge in [0.15, 0.2) is 0 Å². The molecule has 21 heavy (non-hydrogen) atoms. The molecule has 1 aromatic rings. The highest BCUT2D eigenvalue weighted by Crippen LogP contribution is 2.30. The number of rotatable bonds is 8. The van der Waals surface area contributed by atoms with Gasteiger partial charge in [-0.1, -0.05) is 38.0 Å². The van der Waals surface area contributed by atoms with Crippen LogP contribution in [0.2, 0.25) is 0 Å². The van der Waals surface area contributed by atoms with Crippen LogP contribution in [0.15, 0.2) is 24.3 Å². The molecule has 0 radical (unpaired) electrons. The summed E-state index contributed by atoms with van der Waals surface area (Å²) in [5.74, 6) is 1.25. The van der Waals surface area contributed by atoms with E-state index < -0.39 is 6.10 Å². The topological polar surface area (TPSA) is 41.5 Å². The molecule has 1 saturated carbocycles. The smallest absolute Gasteiger partial charge is 0.128 e. The second-order valence-corrected chi connectivity index (χ2v) is 6.09. The molecule has 3 unspecified atom stereocenters. The van der Waals surface area contributed by atoms with Gasteiger partial charge in [0.05, 0.1) is 19.3 Å². The van der Waals surface area contributed by atoms with Gasteiger partial charge in [0, 0.05) is 12.1 Å². The van der Waals surface area contributed by atoms with Gasteiger partial charge in [-0.3, -0.25) is 0 Å². The van der Waals surface area contributed by atoms with E-state index in [0.29, 0.717) is 12.1 Å². The van der Waals surface area contributed by atoms with Crippen molar-refractivity contribution in [2.75, 3.05) is 19.7 Å². The summed E-state index contributed by atoms with van der Waals surface area (Å²) in [5.41, 5.74) is 0.525. The van der Waals surface area contributed by atoms with E-state index in [0.717, 1.165) is 18.4 Å². The SMILES string of the molecule is CC1CCCC1CNCC(O)COCc1ccccc1F. The third kappa shape index (κ3) is 5.38. The number of hydrogen-bond donors (Lipinski definition) is 2. The van der Waals surface area contributed by atoms with Crippen LogP contribution in [0.3, 0.4) is 0 Å². The summed E-state index contributed by atoms with van der Waals surface area (Å²) in [7, 11) is 0. The number of ether oxygens (including phenoxy) is 1. The van der Waals surface area contributed by atoms with E-state index in [4.69, 9.17) is 4.74 Å². The van der Waals surface area contributed by atoms with Gasteiger partial charge >= 0.3 is 0 Å². The molecule has 118 valence electrons. The van der Waals surface area contributed by atoms with Crippen molar-refractivity contribution >= 4 is 0 Å². The third-order valence-corrected chi connectivity index (χ3v) is 4.35. The number of benzene rings is 1. The van der Waals surface area contributed by atoms with Gasteiger partial charge in [-0.2, -0.15) is 0 Å². The first-order valence-corrected chi connectivity index (χ1v) is 7.86. The third-order valence-electron chi connectivity index (χ3n) is 4.35. The highest BCUT2D eigenvalue weighted by Gasteiger charge is 2.22. The molecule has 4 heteroatoms. The lowest BCUT2D eigenvalue weighted by atomic mass is 9.98. The lowest BCUT2D eigenvalue weighted by Gasteiger charge is -2.18. The molecule has 3 nitrogen and oxygen atoms in total. The Morgan fingerprint density at radius 1 is 1.38 bits per heavy atom. The van der Waals surface area contributed by atoms with Crippen LogP contribution in [-0.4, -0.2) is 30.9 Å². The minimum Gasteiger partial charge on any atom is -0.389 e. The maximum absolute atomic E-state index is 13.4. The monoisotopic (exact) mass is 295 g/mol. The van der Waals surface area contributed by atoms with Gasteiger partial charge in [0.2, 0.25) is 0 Å². The van der Waals surface area contributed by atoms with Crippen LogP contribution in [0.5, 0.6) is 0 Å². The number of nitrogens with one attached hydrogen (secondary N) is 1. The molecule has 0 amide bonds. The molecule has 3 atom stereocenters. The van der Waals surface area contributed by atoms with Gasteiger partial charge in [-0.15, -0.1) is 0 Å². The van der Waals surface area contributed by atoms with E-state index in [1.165, 1.54) is 25.3 Å². The molecular weight excluding hydrogens is 269 g/mol. The van der Waals surface area contributed by atoms with Crippen molar-refractivity contribution in [2.45, 2.75) is 38.9 Å². The first-order valence-electron chi connectivity index (χ1n) is 7.86. The first kappa shape index (κ1) is 16.4. The molecule has 0 saturated heterocycles. The van der Waals surface area contributed by atoms with E-state index in [9.17, 15) is 9.50 Å². The molecule has 1 aliphatic rings. The second kappa shape index (κ2) is 8.47. The van der Waals surface area contributed by atoms with Crippen molar-refractivity contribution in [2.24, 2.45) is 11.8 Å². The van der Waals surface area contributed by atoms with Gasteiger partial charge in [0.25, 0.3) is 0 Å². The maximum atomic E-state index is 13.4. The normalized spacial score (nSPS) is 23.4. The Bertz CT molecular complexity index is 427. The zero-order valence-corrected chi connectivity index (χ0v) is 12.7. The molecule has 2 rings (SSSR count). The highest BCUT2D eigenvalue weighted by atomic mass is 19.1. The van der Waals surface area contributed by atoms with Crippen LogP contribution in [0, 0.1) is 17.7 Å². The Kier molecular flexibility index (Phi) is 6.61. The Balaban J connectivity index is 1.57. The van der Waals surface area contributed by atoms with E-state index in [-0.39, 0.29) is 19.0 Å². The van der Waals surface area contributed by atoms with Gasteiger partial charge in [-0.25, -0.2) is 4.39 Å². The molecule has 2 N–H and O–H groups in total. The fraction of sp³-hybridized carbons (Fsp3) is 0.647. The second-order valence-electron chi connectivity index (χ2n) is 6.09. The molecule has 1 fully saturated rings. The van der Waals surface area contributed by atoms with Crippen LogP contribution >= 0.6 is 0 Å². The van der Waals surface area contributed by atoms with Gasteiger partial charge in [-0.05, 0) is 30.9 Å². The molecular formula is C17H26FNO2. The molecule has 1 aliphatic carbocycles. The van der Waals surface area contributed by atoms with Crippen molar-refractivity contribution in [3.63, 3.8) is 0 Å². The zero-order chi connectivity index (χ0) is 15.1. The lowest BCUT2D eigenvalue weighted by Crippen LogP contribution is -2.34. The van der Waals surface area contributed by atoms with Crippen molar-refractivity contribution in [1.82, 2.24) is 5.32 Å². The fourth-order valence-corrected chi connectivity index (χ4v) is 2.94. The summed E-state index contributed by atoms with van der Waals surface area (Å²) < 4.78 is 18.7. The average molecular weight is 295 g/mol. The van der Waals surface area contributed by atoms with Crippen LogP contribution in [-0.2, 0) is 11.3 Å². The van der Waals surface area contributed by atoms with Crippen LogP contribution in [0.25, 0.3) is 0 Å². The van der Waals surface area contributed by atoms with Crippen molar-refractivity contribution in [1.29, 1.82) is 0 Å². The molecule has 0 heterocycles. The van der Waals surface area contributed by atoms with Gasteiger partial charge < -0.3 is 15.2 Å². The van der Waals surface area contributed by atoms with Crippen LogP contribution in [0.4, 0.5) is 4.39 Å². The summed E-state index contributed by atoms with van der Waals surface area (Å²) in [5, 5.41) is 13.2. The van der Waals surface area contributed by atoms with E-state index in [2.05, 4.69) is 12.2 Å². The van der Waals surface area contributed by atoms with Crippen LogP contribution < -0.4 is 5.32 Å². The summed E-state index contributed by atoms with van der Waals surface area (Å²) in [4.78, 5) is 0. The molecule has 0 spiro atoms. The Hall–Kier alpha value is -0.970. The van der Waals surface area contributed by atoms with Crippen molar-refractivity contribution < 1.29 is 14.2 Å². The minimum absolute atomic E-state index is 0.198. The summed E-state index contributed by atoms with van der Waals surface area (Å²) in [6.07, 6.45) is 3.38. The Labute approximate surface area is 126 Å². The molecule has 1 aromatic carbocycles. The maximum Gasteiger partial charge on any atom is 0.128 e. The van der Waals surface area contributed by atoms with Crippen molar-refractivity contribution in [3.05, 3.63) is 35.6 Å². The average Bonchev–Trinajstić information content (AvgIpc) is 2.87. The number of aliphatic hydroxyl groups is 1. The molecule has 0 aromatic heterocycles. The molecule has 0 aliphatic heterocycles. The highest BCUT2D eigenvalue weighted by molar-refractivity contribution is 5.16. The lowest BCUT2D eigenvalue weighted by molar-refractivity contribution is 0.0274. The summed E-state index contributed by atoms with van der Waals surface area (Å²) in [6, 6.07) is 6.55. The van der Waals surface area contributed by atoms with E-state index >= 15 is 0 Å². The Morgan fingerprint density at radius 3 is 2.90 bits per heavy atom. The quantitative estimate of drug-likeness (QED) is 0.775. The largest absolute Gasteiger partial charge is 0.389 e. The minimum atomic E-state index is -0.548. The predicted octanol–water partition coefficient (Wildman–Crippen LogP) is 2.73. The summed E-state index contributed by atoms with van der Waals surface area (Å²) >= 11 is 0. The number of aliphatic hydroxyl groups excluding tert-OH is 1. The van der Waals surface area contributed by atoms with Crippen LogP contribution in [0.1, 0.15) is 31.7 Å². The standard InChI is InChI=1S/C17H26FNO2/c1-13-5-4-7-14(13)9-19-10-16(20)12-21-11-15-6-2-3-8-17(15)18/h2-3,6,8,13-14,16,19-20H,4-5,7,9-12H2,1H3. The zero-order valence-electron chi connectivity index (χ0n) is 12.7. The van der Waals surface area contributed by atoms with E-state index in [1.807, 2.05) is 0 Å². The van der Waals surface area contributed by atoms with Crippen molar-refractivity contribution in [3.8, 4) is 0 Å². The Morgan fingerprint density at radius 2 is 2.19 bits per heavy atom. The molecule has 0 bridgehead atoms. The predicted molar refractivity (Wildman–Crippen MR) is 81.4 cm³/mol. The summed E-state index contributed by atoms with van der Waals surface area (Å²) in [6.45, 7) is 4.21.